The number of hydrogen-bond donors (Lipinski definition) is 2. The van der Waals surface area contributed by atoms with Crippen LogP contribution in [0.3, 0.4) is 0 Å². The maximum atomic E-state index is 5.58. The number of thiophene rings is 1. The summed E-state index contributed by atoms with van der Waals surface area (Å²) in [5, 5.41) is 2.07. The maximum Gasteiger partial charge on any atom is 0.0817 e. The number of hydrazine groups is 1. The molecule has 2 atom stereocenters. The summed E-state index contributed by atoms with van der Waals surface area (Å²) in [4.78, 5) is 1.26. The van der Waals surface area contributed by atoms with Gasteiger partial charge in [-0.3, -0.25) is 5.84 Å². The van der Waals surface area contributed by atoms with Gasteiger partial charge in [0.25, 0.3) is 0 Å². The highest BCUT2D eigenvalue weighted by molar-refractivity contribution is 7.10. The summed E-state index contributed by atoms with van der Waals surface area (Å²) in [6.07, 6.45) is 2.75. The summed E-state index contributed by atoms with van der Waals surface area (Å²) in [7, 11) is 1.76. The van der Waals surface area contributed by atoms with Crippen molar-refractivity contribution in [2.24, 2.45) is 11.8 Å². The molecule has 1 aliphatic carbocycles. The molecule has 0 radical (unpaired) electrons. The zero-order valence-corrected chi connectivity index (χ0v) is 9.09. The topological polar surface area (TPSA) is 47.3 Å². The number of hydrogen-bond acceptors (Lipinski definition) is 4. The summed E-state index contributed by atoms with van der Waals surface area (Å²) in [6, 6.07) is 4.29. The molecule has 14 heavy (non-hydrogen) atoms. The minimum absolute atomic E-state index is 0.146. The average Bonchev–Trinajstić information content (AvgIpc) is 2.90. The van der Waals surface area contributed by atoms with E-state index in [2.05, 4.69) is 16.9 Å². The number of methoxy groups -OCH3 is 1. The molecule has 1 heterocycles. The van der Waals surface area contributed by atoms with Crippen LogP contribution in [0.15, 0.2) is 17.5 Å². The molecule has 0 spiro atoms. The van der Waals surface area contributed by atoms with Crippen molar-refractivity contribution in [1.82, 2.24) is 5.43 Å². The van der Waals surface area contributed by atoms with Crippen molar-refractivity contribution >= 4 is 11.3 Å². The van der Waals surface area contributed by atoms with Gasteiger partial charge in [0.05, 0.1) is 12.1 Å². The van der Waals surface area contributed by atoms with Gasteiger partial charge in [0, 0.05) is 12.0 Å². The molecule has 0 amide bonds. The van der Waals surface area contributed by atoms with Gasteiger partial charge in [-0.1, -0.05) is 6.07 Å². The van der Waals surface area contributed by atoms with Gasteiger partial charge in [0.1, 0.15) is 0 Å². The van der Waals surface area contributed by atoms with Crippen LogP contribution in [0.1, 0.15) is 23.8 Å². The molecule has 2 rings (SSSR count). The fourth-order valence-corrected chi connectivity index (χ4v) is 2.65. The molecule has 1 aromatic heterocycles. The Bertz CT molecular complexity index is 272. The first kappa shape index (κ1) is 10.1. The Hall–Kier alpha value is -0.420. The summed E-state index contributed by atoms with van der Waals surface area (Å²) < 4.78 is 5.52. The molecule has 3 nitrogen and oxygen atoms in total. The lowest BCUT2D eigenvalue weighted by atomic mass is 10.1. The van der Waals surface area contributed by atoms with Crippen LogP contribution in [0, 0.1) is 5.92 Å². The predicted molar refractivity (Wildman–Crippen MR) is 57.9 cm³/mol. The van der Waals surface area contributed by atoms with E-state index in [1.54, 1.807) is 18.4 Å². The first-order chi connectivity index (χ1) is 6.86. The molecule has 2 unspecified atom stereocenters. The second-order valence-corrected chi connectivity index (χ2v) is 4.68. The van der Waals surface area contributed by atoms with E-state index in [0.29, 0.717) is 5.92 Å². The molecule has 4 heteroatoms. The van der Waals surface area contributed by atoms with Crippen LogP contribution in [0.2, 0.25) is 0 Å². The average molecular weight is 212 g/mol. The molecule has 1 aliphatic rings. The summed E-state index contributed by atoms with van der Waals surface area (Å²) in [5.41, 5.74) is 2.86. The fraction of sp³-hybridized carbons (Fsp3) is 0.600. The lowest BCUT2D eigenvalue weighted by molar-refractivity contribution is 0.0517. The normalized spacial score (nSPS) is 20.7. The monoisotopic (exact) mass is 212 g/mol. The quantitative estimate of drug-likeness (QED) is 0.576. The Morgan fingerprint density at radius 3 is 2.86 bits per heavy atom. The highest BCUT2D eigenvalue weighted by atomic mass is 32.1. The van der Waals surface area contributed by atoms with Gasteiger partial charge in [0.2, 0.25) is 0 Å². The fourth-order valence-electron chi connectivity index (χ4n) is 1.83. The van der Waals surface area contributed by atoms with Crippen LogP contribution in [-0.2, 0) is 4.74 Å². The predicted octanol–water partition coefficient (Wildman–Crippen LogP) is 1.68. The molecular weight excluding hydrogens is 196 g/mol. The highest BCUT2D eigenvalue weighted by Crippen LogP contribution is 2.40. The second kappa shape index (κ2) is 4.40. The highest BCUT2D eigenvalue weighted by Gasteiger charge is 2.37. The third kappa shape index (κ3) is 1.98. The van der Waals surface area contributed by atoms with E-state index >= 15 is 0 Å². The standard InChI is InChI=1S/C10H16N2OS/c1-13-10(7-4-5-7)9(12-11)8-3-2-6-14-8/h2-3,6-7,9-10,12H,4-5,11H2,1H3. The van der Waals surface area contributed by atoms with Crippen molar-refractivity contribution in [3.8, 4) is 0 Å². The van der Waals surface area contributed by atoms with Crippen molar-refractivity contribution in [3.05, 3.63) is 22.4 Å². The largest absolute Gasteiger partial charge is 0.379 e. The first-order valence-corrected chi connectivity index (χ1v) is 5.77. The SMILES string of the molecule is COC(C1CC1)C(NN)c1cccs1. The van der Waals surface area contributed by atoms with Gasteiger partial charge in [-0.05, 0) is 30.2 Å². The van der Waals surface area contributed by atoms with Gasteiger partial charge < -0.3 is 4.74 Å². The van der Waals surface area contributed by atoms with Gasteiger partial charge in [0.15, 0.2) is 0 Å². The lowest BCUT2D eigenvalue weighted by Crippen LogP contribution is -2.38. The molecule has 0 bridgehead atoms. The van der Waals surface area contributed by atoms with Crippen LogP contribution < -0.4 is 11.3 Å². The van der Waals surface area contributed by atoms with Crippen LogP contribution in [0.25, 0.3) is 0 Å². The third-order valence-corrected chi connectivity index (χ3v) is 3.67. The van der Waals surface area contributed by atoms with Crippen molar-refractivity contribution in [3.63, 3.8) is 0 Å². The van der Waals surface area contributed by atoms with Gasteiger partial charge in [-0.25, -0.2) is 5.43 Å². The Kier molecular flexibility index (Phi) is 3.18. The number of nitrogens with two attached hydrogens (primary N) is 1. The van der Waals surface area contributed by atoms with Gasteiger partial charge in [-0.15, -0.1) is 11.3 Å². The molecule has 1 saturated carbocycles. The van der Waals surface area contributed by atoms with Crippen LogP contribution in [0.5, 0.6) is 0 Å². The van der Waals surface area contributed by atoms with Gasteiger partial charge in [-0.2, -0.15) is 0 Å². The number of nitrogens with one attached hydrogen (secondary N) is 1. The molecule has 0 saturated heterocycles. The molecule has 3 N–H and O–H groups in total. The zero-order valence-electron chi connectivity index (χ0n) is 8.27. The molecular formula is C10H16N2OS. The van der Waals surface area contributed by atoms with Crippen LogP contribution >= 0.6 is 11.3 Å². The Labute approximate surface area is 88.2 Å². The molecule has 1 fully saturated rings. The van der Waals surface area contributed by atoms with Crippen molar-refractivity contribution in [1.29, 1.82) is 0 Å². The van der Waals surface area contributed by atoms with E-state index in [-0.39, 0.29) is 12.1 Å². The van der Waals surface area contributed by atoms with Gasteiger partial charge >= 0.3 is 0 Å². The van der Waals surface area contributed by atoms with E-state index in [1.807, 2.05) is 6.07 Å². The molecule has 0 aromatic carbocycles. The maximum absolute atomic E-state index is 5.58. The van der Waals surface area contributed by atoms with E-state index in [4.69, 9.17) is 10.6 Å². The van der Waals surface area contributed by atoms with Crippen LogP contribution in [0.4, 0.5) is 0 Å². The summed E-state index contributed by atoms with van der Waals surface area (Å²) in [6.45, 7) is 0. The third-order valence-electron chi connectivity index (χ3n) is 2.72. The lowest BCUT2D eigenvalue weighted by Gasteiger charge is -2.24. The number of ether oxygens (including phenoxy) is 1. The Morgan fingerprint density at radius 2 is 2.43 bits per heavy atom. The minimum atomic E-state index is 0.146. The molecule has 1 aromatic rings. The summed E-state index contributed by atoms with van der Waals surface area (Å²) >= 11 is 1.72. The zero-order chi connectivity index (χ0) is 9.97. The van der Waals surface area contributed by atoms with E-state index in [9.17, 15) is 0 Å². The first-order valence-electron chi connectivity index (χ1n) is 4.89. The second-order valence-electron chi connectivity index (χ2n) is 3.70. The van der Waals surface area contributed by atoms with E-state index in [1.165, 1.54) is 17.7 Å². The Balaban J connectivity index is 2.10. The van der Waals surface area contributed by atoms with Crippen LogP contribution in [-0.4, -0.2) is 13.2 Å². The molecule has 0 aliphatic heterocycles. The van der Waals surface area contributed by atoms with E-state index < -0.39 is 0 Å². The summed E-state index contributed by atoms with van der Waals surface area (Å²) in [5.74, 6) is 6.27. The van der Waals surface area contributed by atoms with Crippen molar-refractivity contribution < 1.29 is 4.74 Å². The molecule has 78 valence electrons. The van der Waals surface area contributed by atoms with Crippen molar-refractivity contribution in [2.75, 3.05) is 7.11 Å². The number of rotatable bonds is 5. The van der Waals surface area contributed by atoms with E-state index in [0.717, 1.165) is 0 Å². The smallest absolute Gasteiger partial charge is 0.0817 e. The van der Waals surface area contributed by atoms with Crippen molar-refractivity contribution in [2.45, 2.75) is 25.0 Å². The Morgan fingerprint density at radius 1 is 1.64 bits per heavy atom. The minimum Gasteiger partial charge on any atom is -0.379 e.